The van der Waals surface area contributed by atoms with Crippen molar-refractivity contribution in [1.29, 1.82) is 0 Å². The van der Waals surface area contributed by atoms with Gasteiger partial charge in [-0.1, -0.05) is 66.2 Å². The smallest absolute Gasteiger partial charge is 0.298 e. The highest BCUT2D eigenvalue weighted by Gasteiger charge is 2.18. The lowest BCUT2D eigenvalue weighted by atomic mass is 10.2. The van der Waals surface area contributed by atoms with Gasteiger partial charge in [-0.05, 0) is 30.2 Å². The fraction of sp³-hybridized carbons (Fsp3) is 0.130. The average Bonchev–Trinajstić information content (AvgIpc) is 3.16. The second-order valence-electron chi connectivity index (χ2n) is 7.21. The number of allylic oxidation sites excluding steroid dienone is 1. The fourth-order valence-electron chi connectivity index (χ4n) is 3.23. The van der Waals surface area contributed by atoms with Crippen LogP contribution in [0.3, 0.4) is 0 Å². The number of hydrogen-bond donors (Lipinski definition) is 2. The molecule has 162 valence electrons. The minimum absolute atomic E-state index is 0.251. The summed E-state index contributed by atoms with van der Waals surface area (Å²) in [6.07, 6.45) is 3.81. The van der Waals surface area contributed by atoms with Crippen molar-refractivity contribution in [2.24, 2.45) is 12.1 Å². The van der Waals surface area contributed by atoms with E-state index >= 15 is 0 Å². The number of hydrogen-bond acceptors (Lipinski definition) is 5. The summed E-state index contributed by atoms with van der Waals surface area (Å²) < 4.78 is 2.95. The third-order valence-electron chi connectivity index (χ3n) is 4.94. The molecule has 9 heteroatoms. The van der Waals surface area contributed by atoms with E-state index in [1.54, 1.807) is 17.7 Å². The molecule has 2 heterocycles. The molecule has 32 heavy (non-hydrogen) atoms. The van der Waals surface area contributed by atoms with E-state index in [1.807, 2.05) is 67.6 Å². The first-order chi connectivity index (χ1) is 15.4. The highest BCUT2D eigenvalue weighted by atomic mass is 35.5. The van der Waals surface area contributed by atoms with Crippen LogP contribution in [0.1, 0.15) is 18.1 Å². The highest BCUT2D eigenvalue weighted by molar-refractivity contribution is 6.31. The third kappa shape index (κ3) is 4.40. The van der Waals surface area contributed by atoms with Crippen molar-refractivity contribution in [2.75, 3.05) is 5.43 Å². The number of rotatable bonds is 6. The Morgan fingerprint density at radius 1 is 1.16 bits per heavy atom. The molecule has 0 saturated heterocycles. The standard InChI is InChI=1S/C23H21ClN6O2/c1-15(12-13-16-8-4-3-5-9-16)27-28-22-25-20-19(21(31)26-23(32)29(20)2)30(22)14-17-10-6-7-11-18(17)24/h3-13H,14H2,1-2H3,(H,25,28)(H,26,31,32). The summed E-state index contributed by atoms with van der Waals surface area (Å²) in [6, 6.07) is 17.2. The van der Waals surface area contributed by atoms with E-state index in [9.17, 15) is 9.59 Å². The van der Waals surface area contributed by atoms with Gasteiger partial charge in [0.05, 0.1) is 12.3 Å². The summed E-state index contributed by atoms with van der Waals surface area (Å²) >= 11 is 6.34. The predicted octanol–water partition coefficient (Wildman–Crippen LogP) is 3.63. The SMILES string of the molecule is CC(C=Cc1ccccc1)=NNc1nc2c(c(=O)[nH]c(=O)n2C)n1Cc1ccccc1Cl. The van der Waals surface area contributed by atoms with Crippen LogP contribution in [-0.4, -0.2) is 24.8 Å². The number of imidazole rings is 1. The molecule has 0 atom stereocenters. The first-order valence-corrected chi connectivity index (χ1v) is 10.3. The maximum Gasteiger partial charge on any atom is 0.329 e. The molecular formula is C23H21ClN6O2. The Kier molecular flexibility index (Phi) is 6.04. The van der Waals surface area contributed by atoms with Crippen LogP contribution < -0.4 is 16.7 Å². The maximum atomic E-state index is 12.6. The van der Waals surface area contributed by atoms with E-state index in [-0.39, 0.29) is 17.7 Å². The molecule has 2 N–H and O–H groups in total. The molecule has 8 nitrogen and oxygen atoms in total. The molecule has 0 aliphatic heterocycles. The molecule has 0 saturated carbocycles. The van der Waals surface area contributed by atoms with Crippen molar-refractivity contribution in [1.82, 2.24) is 19.1 Å². The first-order valence-electron chi connectivity index (χ1n) is 9.90. The largest absolute Gasteiger partial charge is 0.329 e. The Hall–Kier alpha value is -3.91. The summed E-state index contributed by atoms with van der Waals surface area (Å²) in [5, 5.41) is 4.94. The summed E-state index contributed by atoms with van der Waals surface area (Å²) in [5.74, 6) is 0.319. The van der Waals surface area contributed by atoms with Crippen LogP contribution in [0.4, 0.5) is 5.95 Å². The average molecular weight is 449 g/mol. The Balaban J connectivity index is 1.74. The predicted molar refractivity (Wildman–Crippen MR) is 128 cm³/mol. The van der Waals surface area contributed by atoms with Crippen LogP contribution in [0.15, 0.2) is 75.4 Å². The van der Waals surface area contributed by atoms with E-state index in [1.165, 1.54) is 4.57 Å². The topological polar surface area (TPSA) is 97.1 Å². The number of H-pyrrole nitrogens is 1. The minimum Gasteiger partial charge on any atom is -0.298 e. The van der Waals surface area contributed by atoms with Crippen molar-refractivity contribution in [3.8, 4) is 0 Å². The van der Waals surface area contributed by atoms with Gasteiger partial charge in [0.15, 0.2) is 11.2 Å². The summed E-state index contributed by atoms with van der Waals surface area (Å²) in [5.41, 5.74) is 4.92. The number of aromatic nitrogens is 4. The first kappa shape index (κ1) is 21.3. The Bertz CT molecular complexity index is 1450. The van der Waals surface area contributed by atoms with E-state index in [0.717, 1.165) is 11.1 Å². The molecule has 0 bridgehead atoms. The lowest BCUT2D eigenvalue weighted by Crippen LogP contribution is -2.29. The Morgan fingerprint density at radius 2 is 1.88 bits per heavy atom. The van der Waals surface area contributed by atoms with Gasteiger partial charge in [-0.25, -0.2) is 10.2 Å². The molecule has 0 aliphatic rings. The number of aryl methyl sites for hydroxylation is 1. The van der Waals surface area contributed by atoms with Crippen LogP contribution in [0.5, 0.6) is 0 Å². The summed E-state index contributed by atoms with van der Waals surface area (Å²) in [7, 11) is 1.55. The minimum atomic E-state index is -0.540. The zero-order valence-corrected chi connectivity index (χ0v) is 18.3. The second kappa shape index (κ2) is 9.07. The second-order valence-corrected chi connectivity index (χ2v) is 7.62. The molecule has 2 aromatic heterocycles. The fourth-order valence-corrected chi connectivity index (χ4v) is 3.42. The molecule has 0 fully saturated rings. The van der Waals surface area contributed by atoms with Gasteiger partial charge in [0, 0.05) is 12.1 Å². The quantitative estimate of drug-likeness (QED) is 0.347. The number of fused-ring (bicyclic) bond motifs is 1. The molecule has 2 aromatic carbocycles. The monoisotopic (exact) mass is 448 g/mol. The van der Waals surface area contributed by atoms with E-state index in [0.29, 0.717) is 16.7 Å². The molecule has 4 rings (SSSR count). The molecule has 0 aliphatic carbocycles. The number of halogens is 1. The van der Waals surface area contributed by atoms with Crippen molar-refractivity contribution in [3.05, 3.63) is 97.7 Å². The lowest BCUT2D eigenvalue weighted by molar-refractivity contribution is 0.808. The Labute approximate surface area is 188 Å². The van der Waals surface area contributed by atoms with Gasteiger partial charge >= 0.3 is 5.69 Å². The van der Waals surface area contributed by atoms with Crippen molar-refractivity contribution in [3.63, 3.8) is 0 Å². The number of aromatic amines is 1. The summed E-state index contributed by atoms with van der Waals surface area (Å²) in [4.78, 5) is 31.5. The lowest BCUT2D eigenvalue weighted by Gasteiger charge is -2.10. The van der Waals surface area contributed by atoms with Gasteiger partial charge in [-0.15, -0.1) is 0 Å². The van der Waals surface area contributed by atoms with Crippen LogP contribution in [0, 0.1) is 0 Å². The van der Waals surface area contributed by atoms with Crippen LogP contribution in [-0.2, 0) is 13.6 Å². The van der Waals surface area contributed by atoms with E-state index < -0.39 is 11.2 Å². The van der Waals surface area contributed by atoms with Crippen LogP contribution >= 0.6 is 11.6 Å². The normalized spacial score (nSPS) is 12.0. The van der Waals surface area contributed by atoms with Crippen LogP contribution in [0.25, 0.3) is 17.2 Å². The van der Waals surface area contributed by atoms with Gasteiger partial charge in [0.2, 0.25) is 5.95 Å². The number of anilines is 1. The van der Waals surface area contributed by atoms with E-state index in [4.69, 9.17) is 11.6 Å². The maximum absolute atomic E-state index is 12.6. The third-order valence-corrected chi connectivity index (χ3v) is 5.31. The number of hydrazone groups is 1. The Morgan fingerprint density at radius 3 is 2.62 bits per heavy atom. The van der Waals surface area contributed by atoms with Gasteiger partial charge in [0.25, 0.3) is 5.56 Å². The van der Waals surface area contributed by atoms with Crippen molar-refractivity contribution >= 4 is 40.5 Å². The molecule has 0 unspecified atom stereocenters. The molecule has 0 amide bonds. The van der Waals surface area contributed by atoms with Crippen LogP contribution in [0.2, 0.25) is 5.02 Å². The number of benzene rings is 2. The zero-order chi connectivity index (χ0) is 22.7. The van der Waals surface area contributed by atoms with Gasteiger partial charge in [0.1, 0.15) is 0 Å². The number of nitrogens with one attached hydrogen (secondary N) is 2. The molecule has 4 aromatic rings. The van der Waals surface area contributed by atoms with Crippen molar-refractivity contribution in [2.45, 2.75) is 13.5 Å². The van der Waals surface area contributed by atoms with Gasteiger partial charge in [-0.3, -0.25) is 18.9 Å². The highest BCUT2D eigenvalue weighted by Crippen LogP contribution is 2.22. The molecular weight excluding hydrogens is 428 g/mol. The summed E-state index contributed by atoms with van der Waals surface area (Å²) in [6.45, 7) is 2.12. The number of nitrogens with zero attached hydrogens (tertiary/aromatic N) is 4. The van der Waals surface area contributed by atoms with Gasteiger partial charge in [-0.2, -0.15) is 10.1 Å². The molecule has 0 radical (unpaired) electrons. The zero-order valence-electron chi connectivity index (χ0n) is 17.5. The molecule has 0 spiro atoms. The van der Waals surface area contributed by atoms with Gasteiger partial charge < -0.3 is 0 Å². The van der Waals surface area contributed by atoms with E-state index in [2.05, 4.69) is 20.5 Å². The van der Waals surface area contributed by atoms with Crippen molar-refractivity contribution < 1.29 is 0 Å².